The number of aryl methyl sites for hydroxylation is 1. The summed E-state index contributed by atoms with van der Waals surface area (Å²) in [7, 11) is 0. The highest BCUT2D eigenvalue weighted by atomic mass is 16.2. The molecule has 0 bridgehead atoms. The second-order valence-corrected chi connectivity index (χ2v) is 6.06. The lowest BCUT2D eigenvalue weighted by molar-refractivity contribution is -0.133. The standard InChI is InChI=1S/C17H26N2O/c1-13(2)16(15-7-5-14(3)6-8-15)17(20)19-11-4-9-18-10-12-19/h5-8,13,16,18H,4,9-12H2,1-3H3. The van der Waals surface area contributed by atoms with Gasteiger partial charge in [-0.15, -0.1) is 0 Å². The monoisotopic (exact) mass is 274 g/mol. The van der Waals surface area contributed by atoms with Crippen molar-refractivity contribution in [2.75, 3.05) is 26.2 Å². The highest BCUT2D eigenvalue weighted by Gasteiger charge is 2.28. The fourth-order valence-corrected chi connectivity index (χ4v) is 2.85. The number of benzene rings is 1. The molecule has 1 atom stereocenters. The Bertz CT molecular complexity index is 431. The summed E-state index contributed by atoms with van der Waals surface area (Å²) in [6.07, 6.45) is 1.05. The zero-order valence-corrected chi connectivity index (χ0v) is 12.9. The van der Waals surface area contributed by atoms with Gasteiger partial charge in [0, 0.05) is 19.6 Å². The minimum atomic E-state index is -0.0197. The minimum Gasteiger partial charge on any atom is -0.341 e. The van der Waals surface area contributed by atoms with Gasteiger partial charge in [-0.3, -0.25) is 4.79 Å². The Hall–Kier alpha value is -1.35. The van der Waals surface area contributed by atoms with E-state index in [1.54, 1.807) is 0 Å². The van der Waals surface area contributed by atoms with Gasteiger partial charge in [0.15, 0.2) is 0 Å². The van der Waals surface area contributed by atoms with Crippen LogP contribution in [0, 0.1) is 12.8 Å². The first-order valence-electron chi connectivity index (χ1n) is 7.65. The van der Waals surface area contributed by atoms with Crippen LogP contribution in [0.5, 0.6) is 0 Å². The number of hydrogen-bond acceptors (Lipinski definition) is 2. The Labute approximate surface area is 122 Å². The van der Waals surface area contributed by atoms with Crippen molar-refractivity contribution in [1.82, 2.24) is 10.2 Å². The van der Waals surface area contributed by atoms with Crippen LogP contribution < -0.4 is 5.32 Å². The highest BCUT2D eigenvalue weighted by Crippen LogP contribution is 2.27. The molecule has 0 saturated carbocycles. The SMILES string of the molecule is Cc1ccc(C(C(=O)N2CCCNCC2)C(C)C)cc1. The maximum absolute atomic E-state index is 12.9. The molecule has 1 N–H and O–H groups in total. The number of nitrogens with zero attached hydrogens (tertiary/aromatic N) is 1. The topological polar surface area (TPSA) is 32.3 Å². The van der Waals surface area contributed by atoms with E-state index in [4.69, 9.17) is 0 Å². The lowest BCUT2D eigenvalue weighted by Crippen LogP contribution is -2.39. The van der Waals surface area contributed by atoms with E-state index in [0.29, 0.717) is 5.92 Å². The normalized spacial score (nSPS) is 17.9. The Morgan fingerprint density at radius 3 is 2.50 bits per heavy atom. The first-order chi connectivity index (χ1) is 9.59. The first-order valence-corrected chi connectivity index (χ1v) is 7.65. The van der Waals surface area contributed by atoms with E-state index < -0.39 is 0 Å². The Morgan fingerprint density at radius 2 is 1.85 bits per heavy atom. The van der Waals surface area contributed by atoms with Crippen molar-refractivity contribution < 1.29 is 4.79 Å². The molecule has 3 nitrogen and oxygen atoms in total. The van der Waals surface area contributed by atoms with E-state index in [1.165, 1.54) is 5.56 Å². The van der Waals surface area contributed by atoms with E-state index >= 15 is 0 Å². The molecule has 20 heavy (non-hydrogen) atoms. The average Bonchev–Trinajstić information content (AvgIpc) is 2.69. The third kappa shape index (κ3) is 3.60. The molecule has 110 valence electrons. The molecule has 1 aliphatic rings. The molecule has 1 amide bonds. The van der Waals surface area contributed by atoms with Crippen molar-refractivity contribution >= 4 is 5.91 Å². The summed E-state index contributed by atoms with van der Waals surface area (Å²) in [6, 6.07) is 8.41. The Morgan fingerprint density at radius 1 is 1.15 bits per heavy atom. The third-order valence-corrected chi connectivity index (χ3v) is 4.02. The summed E-state index contributed by atoms with van der Waals surface area (Å²) >= 11 is 0. The van der Waals surface area contributed by atoms with Crippen LogP contribution in [0.15, 0.2) is 24.3 Å². The summed E-state index contributed by atoms with van der Waals surface area (Å²) in [5.74, 6) is 0.586. The minimum absolute atomic E-state index is 0.0197. The number of carbonyl (C=O) groups excluding carboxylic acids is 1. The van der Waals surface area contributed by atoms with E-state index in [1.807, 2.05) is 4.90 Å². The molecule has 0 aliphatic carbocycles. The highest BCUT2D eigenvalue weighted by molar-refractivity contribution is 5.84. The van der Waals surface area contributed by atoms with E-state index in [-0.39, 0.29) is 11.8 Å². The van der Waals surface area contributed by atoms with Gasteiger partial charge in [-0.05, 0) is 31.4 Å². The zero-order valence-electron chi connectivity index (χ0n) is 12.9. The van der Waals surface area contributed by atoms with Crippen LogP contribution in [0.2, 0.25) is 0 Å². The van der Waals surface area contributed by atoms with Gasteiger partial charge in [0.05, 0.1) is 5.92 Å². The number of rotatable bonds is 3. The molecule has 1 fully saturated rings. The summed E-state index contributed by atoms with van der Waals surface area (Å²) in [6.45, 7) is 9.98. The number of hydrogen-bond donors (Lipinski definition) is 1. The lowest BCUT2D eigenvalue weighted by Gasteiger charge is -2.28. The molecule has 1 aliphatic heterocycles. The Kier molecular flexibility index (Phi) is 5.18. The lowest BCUT2D eigenvalue weighted by atomic mass is 9.86. The summed E-state index contributed by atoms with van der Waals surface area (Å²) < 4.78 is 0. The second-order valence-electron chi connectivity index (χ2n) is 6.06. The second kappa shape index (κ2) is 6.89. The molecule has 0 spiro atoms. The van der Waals surface area contributed by atoms with Gasteiger partial charge in [-0.1, -0.05) is 43.7 Å². The maximum Gasteiger partial charge on any atom is 0.230 e. The van der Waals surface area contributed by atoms with Crippen LogP contribution >= 0.6 is 0 Å². The van der Waals surface area contributed by atoms with Crippen LogP contribution in [0.3, 0.4) is 0 Å². The van der Waals surface area contributed by atoms with Crippen molar-refractivity contribution in [3.8, 4) is 0 Å². The van der Waals surface area contributed by atoms with E-state index in [0.717, 1.165) is 38.2 Å². The number of carbonyl (C=O) groups is 1. The predicted octanol–water partition coefficient (Wildman–Crippen LogP) is 2.56. The molecular weight excluding hydrogens is 248 g/mol. The summed E-state index contributed by atoms with van der Waals surface area (Å²) in [5.41, 5.74) is 2.38. The molecule has 0 radical (unpaired) electrons. The average molecular weight is 274 g/mol. The molecule has 0 aromatic heterocycles. The summed E-state index contributed by atoms with van der Waals surface area (Å²) in [4.78, 5) is 14.9. The van der Waals surface area contributed by atoms with Gasteiger partial charge >= 0.3 is 0 Å². The maximum atomic E-state index is 12.9. The van der Waals surface area contributed by atoms with E-state index in [2.05, 4.69) is 50.4 Å². The van der Waals surface area contributed by atoms with Gasteiger partial charge in [0.25, 0.3) is 0 Å². The van der Waals surface area contributed by atoms with Crippen LogP contribution in [0.25, 0.3) is 0 Å². The van der Waals surface area contributed by atoms with Crippen LogP contribution in [0.4, 0.5) is 0 Å². The first kappa shape index (κ1) is 15.0. The van der Waals surface area contributed by atoms with Crippen LogP contribution in [-0.2, 0) is 4.79 Å². The fraction of sp³-hybridized carbons (Fsp3) is 0.588. The van der Waals surface area contributed by atoms with Gasteiger partial charge in [0.2, 0.25) is 5.91 Å². The third-order valence-electron chi connectivity index (χ3n) is 4.02. The van der Waals surface area contributed by atoms with Gasteiger partial charge in [-0.2, -0.15) is 0 Å². The van der Waals surface area contributed by atoms with Crippen molar-refractivity contribution in [2.24, 2.45) is 5.92 Å². The number of amides is 1. The zero-order chi connectivity index (χ0) is 14.5. The van der Waals surface area contributed by atoms with Crippen LogP contribution in [-0.4, -0.2) is 37.0 Å². The molecule has 1 aromatic rings. The van der Waals surface area contributed by atoms with Gasteiger partial charge < -0.3 is 10.2 Å². The van der Waals surface area contributed by atoms with Crippen molar-refractivity contribution in [1.29, 1.82) is 0 Å². The largest absolute Gasteiger partial charge is 0.341 e. The number of nitrogens with one attached hydrogen (secondary N) is 1. The molecule has 2 rings (SSSR count). The van der Waals surface area contributed by atoms with Gasteiger partial charge in [-0.25, -0.2) is 0 Å². The molecular formula is C17H26N2O. The van der Waals surface area contributed by atoms with Crippen molar-refractivity contribution in [2.45, 2.75) is 33.1 Å². The summed E-state index contributed by atoms with van der Waals surface area (Å²) in [5, 5.41) is 3.35. The molecule has 1 saturated heterocycles. The predicted molar refractivity (Wildman–Crippen MR) is 82.8 cm³/mol. The quantitative estimate of drug-likeness (QED) is 0.918. The fourth-order valence-electron chi connectivity index (χ4n) is 2.85. The van der Waals surface area contributed by atoms with Crippen LogP contribution in [0.1, 0.15) is 37.3 Å². The molecule has 3 heteroatoms. The molecule has 1 heterocycles. The molecule has 1 aromatic carbocycles. The van der Waals surface area contributed by atoms with Gasteiger partial charge in [0.1, 0.15) is 0 Å². The Balaban J connectivity index is 2.19. The smallest absolute Gasteiger partial charge is 0.230 e. The van der Waals surface area contributed by atoms with Crippen molar-refractivity contribution in [3.63, 3.8) is 0 Å². The van der Waals surface area contributed by atoms with Crippen molar-refractivity contribution in [3.05, 3.63) is 35.4 Å². The molecule has 1 unspecified atom stereocenters. The van der Waals surface area contributed by atoms with E-state index in [9.17, 15) is 4.79 Å².